The van der Waals surface area contributed by atoms with Crippen LogP contribution in [0, 0.1) is 5.92 Å². The number of carbonyl (C=O) groups is 2. The third-order valence-electron chi connectivity index (χ3n) is 3.82. The lowest BCUT2D eigenvalue weighted by atomic mass is 9.85. The Morgan fingerprint density at radius 1 is 1.25 bits per heavy atom. The van der Waals surface area contributed by atoms with Gasteiger partial charge in [-0.15, -0.1) is 0 Å². The Kier molecular flexibility index (Phi) is 5.16. The van der Waals surface area contributed by atoms with Crippen molar-refractivity contribution in [1.29, 1.82) is 0 Å². The first-order valence-corrected chi connectivity index (χ1v) is 7.24. The van der Waals surface area contributed by atoms with Gasteiger partial charge < -0.3 is 10.2 Å². The molecule has 1 aliphatic rings. The Morgan fingerprint density at radius 2 is 1.95 bits per heavy atom. The Bertz CT molecular complexity index is 455. The van der Waals surface area contributed by atoms with E-state index in [1.165, 1.54) is 0 Å². The summed E-state index contributed by atoms with van der Waals surface area (Å²) in [5.41, 5.74) is 1.10. The van der Waals surface area contributed by atoms with Gasteiger partial charge >= 0.3 is 0 Å². The second-order valence-electron chi connectivity index (χ2n) is 5.35. The zero-order chi connectivity index (χ0) is 14.4. The zero-order valence-electron chi connectivity index (χ0n) is 12.0. The number of hydrogen-bond acceptors (Lipinski definition) is 2. The minimum atomic E-state index is 0.0340. The summed E-state index contributed by atoms with van der Waals surface area (Å²) in [4.78, 5) is 25.1. The maximum atomic E-state index is 11.7. The quantitative estimate of drug-likeness (QED) is 0.862. The van der Waals surface area contributed by atoms with Crippen molar-refractivity contribution < 1.29 is 9.59 Å². The fourth-order valence-electron chi connectivity index (χ4n) is 2.28. The van der Waals surface area contributed by atoms with Gasteiger partial charge in [0, 0.05) is 32.5 Å². The zero-order valence-corrected chi connectivity index (χ0v) is 12.0. The van der Waals surface area contributed by atoms with E-state index in [4.69, 9.17) is 0 Å². The predicted molar refractivity (Wildman–Crippen MR) is 77.9 cm³/mol. The third-order valence-corrected chi connectivity index (χ3v) is 3.82. The molecule has 1 aliphatic carbocycles. The van der Waals surface area contributed by atoms with E-state index < -0.39 is 0 Å². The van der Waals surface area contributed by atoms with Crippen LogP contribution in [0.3, 0.4) is 0 Å². The van der Waals surface area contributed by atoms with E-state index in [-0.39, 0.29) is 17.7 Å². The molecule has 20 heavy (non-hydrogen) atoms. The highest BCUT2D eigenvalue weighted by atomic mass is 16.2. The molecule has 0 radical (unpaired) electrons. The molecule has 1 aromatic carbocycles. The van der Waals surface area contributed by atoms with Gasteiger partial charge in [0.2, 0.25) is 11.8 Å². The minimum absolute atomic E-state index is 0.0340. The second-order valence-corrected chi connectivity index (χ2v) is 5.35. The molecule has 4 nitrogen and oxygen atoms in total. The Morgan fingerprint density at radius 3 is 2.50 bits per heavy atom. The molecule has 108 valence electrons. The standard InChI is InChI=1S/C16H22N2O2/c1-13(19)18(12-14-6-3-2-4-7-14)11-10-17-16(20)15-8-5-9-15/h2-4,6-7,15H,5,8-12H2,1H3,(H,17,20). The van der Waals surface area contributed by atoms with Crippen molar-refractivity contribution in [2.24, 2.45) is 5.92 Å². The first kappa shape index (κ1) is 14.6. The van der Waals surface area contributed by atoms with Crippen molar-refractivity contribution in [3.63, 3.8) is 0 Å². The molecule has 0 bridgehead atoms. The topological polar surface area (TPSA) is 49.4 Å². The molecular formula is C16H22N2O2. The van der Waals surface area contributed by atoms with Crippen LogP contribution in [0.2, 0.25) is 0 Å². The molecule has 0 unspecified atom stereocenters. The largest absolute Gasteiger partial charge is 0.354 e. The molecule has 1 fully saturated rings. The Hall–Kier alpha value is -1.84. The van der Waals surface area contributed by atoms with Gasteiger partial charge in [0.05, 0.1) is 0 Å². The van der Waals surface area contributed by atoms with Gasteiger partial charge in [-0.2, -0.15) is 0 Å². The normalized spacial score (nSPS) is 14.4. The van der Waals surface area contributed by atoms with Crippen molar-refractivity contribution in [3.05, 3.63) is 35.9 Å². The first-order chi connectivity index (χ1) is 9.66. The van der Waals surface area contributed by atoms with Crippen molar-refractivity contribution in [1.82, 2.24) is 10.2 Å². The summed E-state index contributed by atoms with van der Waals surface area (Å²) in [7, 11) is 0. The van der Waals surface area contributed by atoms with Crippen LogP contribution in [-0.2, 0) is 16.1 Å². The van der Waals surface area contributed by atoms with E-state index in [1.54, 1.807) is 11.8 Å². The van der Waals surface area contributed by atoms with Gasteiger partial charge in [0.1, 0.15) is 0 Å². The highest BCUT2D eigenvalue weighted by molar-refractivity contribution is 5.79. The molecule has 0 spiro atoms. The smallest absolute Gasteiger partial charge is 0.223 e. The highest BCUT2D eigenvalue weighted by Gasteiger charge is 2.24. The number of benzene rings is 1. The number of carbonyl (C=O) groups excluding carboxylic acids is 2. The molecule has 1 N–H and O–H groups in total. The number of amides is 2. The molecule has 2 amide bonds. The average molecular weight is 274 g/mol. The van der Waals surface area contributed by atoms with Crippen LogP contribution in [0.15, 0.2) is 30.3 Å². The van der Waals surface area contributed by atoms with Gasteiger partial charge in [-0.1, -0.05) is 36.8 Å². The van der Waals surface area contributed by atoms with Crippen molar-refractivity contribution in [2.45, 2.75) is 32.7 Å². The molecular weight excluding hydrogens is 252 g/mol. The van der Waals surface area contributed by atoms with E-state index in [0.717, 1.165) is 24.8 Å². The Labute approximate surface area is 120 Å². The van der Waals surface area contributed by atoms with Crippen LogP contribution in [0.4, 0.5) is 0 Å². The molecule has 1 aromatic rings. The lowest BCUT2D eigenvalue weighted by Gasteiger charge is -2.25. The van der Waals surface area contributed by atoms with Gasteiger partial charge in [-0.25, -0.2) is 0 Å². The fourth-order valence-corrected chi connectivity index (χ4v) is 2.28. The summed E-state index contributed by atoms with van der Waals surface area (Å²) in [5.74, 6) is 0.376. The molecule has 2 rings (SSSR count). The summed E-state index contributed by atoms with van der Waals surface area (Å²) in [6, 6.07) is 9.89. The van der Waals surface area contributed by atoms with Crippen molar-refractivity contribution in [2.75, 3.05) is 13.1 Å². The maximum absolute atomic E-state index is 11.7. The third kappa shape index (κ3) is 4.08. The average Bonchev–Trinajstić information content (AvgIpc) is 2.36. The number of nitrogens with one attached hydrogen (secondary N) is 1. The molecule has 0 aliphatic heterocycles. The fraction of sp³-hybridized carbons (Fsp3) is 0.500. The van der Waals surface area contributed by atoms with Gasteiger partial charge in [0.15, 0.2) is 0 Å². The van der Waals surface area contributed by atoms with E-state index in [2.05, 4.69) is 5.32 Å². The van der Waals surface area contributed by atoms with Crippen molar-refractivity contribution >= 4 is 11.8 Å². The molecule has 0 heterocycles. The lowest BCUT2D eigenvalue weighted by molar-refractivity contribution is -0.131. The molecule has 0 atom stereocenters. The van der Waals surface area contributed by atoms with Gasteiger partial charge in [-0.3, -0.25) is 9.59 Å². The summed E-state index contributed by atoms with van der Waals surface area (Å²) in [6.45, 7) is 3.25. The summed E-state index contributed by atoms with van der Waals surface area (Å²) in [5, 5.41) is 2.92. The highest BCUT2D eigenvalue weighted by Crippen LogP contribution is 2.25. The van der Waals surface area contributed by atoms with Gasteiger partial charge in [-0.05, 0) is 18.4 Å². The van der Waals surface area contributed by atoms with E-state index in [1.807, 2.05) is 30.3 Å². The second kappa shape index (κ2) is 7.08. The molecule has 0 aromatic heterocycles. The summed E-state index contributed by atoms with van der Waals surface area (Å²) < 4.78 is 0. The van der Waals surface area contributed by atoms with Crippen LogP contribution in [0.5, 0.6) is 0 Å². The number of nitrogens with zero attached hydrogens (tertiary/aromatic N) is 1. The van der Waals surface area contributed by atoms with Crippen LogP contribution in [0.1, 0.15) is 31.7 Å². The molecule has 0 saturated heterocycles. The number of hydrogen-bond donors (Lipinski definition) is 1. The first-order valence-electron chi connectivity index (χ1n) is 7.24. The molecule has 4 heteroatoms. The monoisotopic (exact) mass is 274 g/mol. The van der Waals surface area contributed by atoms with Crippen LogP contribution in [0.25, 0.3) is 0 Å². The van der Waals surface area contributed by atoms with E-state index in [0.29, 0.717) is 19.6 Å². The van der Waals surface area contributed by atoms with E-state index >= 15 is 0 Å². The Balaban J connectivity index is 1.77. The van der Waals surface area contributed by atoms with Crippen LogP contribution in [-0.4, -0.2) is 29.8 Å². The van der Waals surface area contributed by atoms with Crippen LogP contribution >= 0.6 is 0 Å². The number of rotatable bonds is 6. The van der Waals surface area contributed by atoms with Crippen molar-refractivity contribution in [3.8, 4) is 0 Å². The molecule has 1 saturated carbocycles. The SMILES string of the molecule is CC(=O)N(CCNC(=O)C1CCC1)Cc1ccccc1. The summed E-state index contributed by atoms with van der Waals surface area (Å²) in [6.07, 6.45) is 3.17. The lowest BCUT2D eigenvalue weighted by Crippen LogP contribution is -2.40. The van der Waals surface area contributed by atoms with E-state index in [9.17, 15) is 9.59 Å². The van der Waals surface area contributed by atoms with Crippen LogP contribution < -0.4 is 5.32 Å². The summed E-state index contributed by atoms with van der Waals surface area (Å²) >= 11 is 0. The predicted octanol–water partition coefficient (Wildman–Crippen LogP) is 1.95. The minimum Gasteiger partial charge on any atom is -0.354 e. The maximum Gasteiger partial charge on any atom is 0.223 e. The van der Waals surface area contributed by atoms with Gasteiger partial charge in [0.25, 0.3) is 0 Å².